The van der Waals surface area contributed by atoms with E-state index in [2.05, 4.69) is 0 Å². The summed E-state index contributed by atoms with van der Waals surface area (Å²) in [5.74, 6) is 0.242. The van der Waals surface area contributed by atoms with Crippen LogP contribution in [0.3, 0.4) is 0 Å². The maximum absolute atomic E-state index is 11.1. The standard InChI is InChI=1S/C20H14N2O3/c23-22(24)19-11-5-6-12-20(19)25-13-18-16-9-2-1-7-14(16)15-8-3-4-10-17(15)21-18/h1-12H,13H2. The van der Waals surface area contributed by atoms with Crippen molar-refractivity contribution < 1.29 is 9.66 Å². The second-order valence-electron chi connectivity index (χ2n) is 5.63. The van der Waals surface area contributed by atoms with Gasteiger partial charge in [-0.25, -0.2) is 4.98 Å². The molecule has 5 heteroatoms. The summed E-state index contributed by atoms with van der Waals surface area (Å²) in [6.45, 7) is 0.163. The van der Waals surface area contributed by atoms with E-state index in [4.69, 9.17) is 9.72 Å². The van der Waals surface area contributed by atoms with Crippen molar-refractivity contribution in [2.24, 2.45) is 0 Å². The van der Waals surface area contributed by atoms with E-state index in [1.165, 1.54) is 6.07 Å². The Morgan fingerprint density at radius 3 is 2.28 bits per heavy atom. The molecule has 0 amide bonds. The van der Waals surface area contributed by atoms with Gasteiger partial charge in [-0.1, -0.05) is 54.6 Å². The lowest BCUT2D eigenvalue weighted by Gasteiger charge is -2.11. The smallest absolute Gasteiger partial charge is 0.310 e. The zero-order valence-corrected chi connectivity index (χ0v) is 13.3. The maximum atomic E-state index is 11.1. The largest absolute Gasteiger partial charge is 0.480 e. The molecular formula is C20H14N2O3. The molecule has 1 heterocycles. The van der Waals surface area contributed by atoms with Gasteiger partial charge in [-0.15, -0.1) is 0 Å². The molecule has 0 unspecified atom stereocenters. The van der Waals surface area contributed by atoms with E-state index in [1.807, 2.05) is 48.5 Å². The van der Waals surface area contributed by atoms with E-state index in [0.717, 1.165) is 27.4 Å². The average molecular weight is 330 g/mol. The fraction of sp³-hybridized carbons (Fsp3) is 0.0500. The fourth-order valence-electron chi connectivity index (χ4n) is 2.96. The third kappa shape index (κ3) is 2.76. The molecule has 0 fully saturated rings. The molecular weight excluding hydrogens is 316 g/mol. The molecule has 0 bridgehead atoms. The molecule has 122 valence electrons. The second kappa shape index (κ2) is 6.20. The summed E-state index contributed by atoms with van der Waals surface area (Å²) in [5, 5.41) is 14.3. The lowest BCUT2D eigenvalue weighted by Crippen LogP contribution is -2.02. The molecule has 0 aliphatic heterocycles. The predicted octanol–water partition coefficient (Wildman–Crippen LogP) is 4.88. The maximum Gasteiger partial charge on any atom is 0.310 e. The molecule has 0 N–H and O–H groups in total. The van der Waals surface area contributed by atoms with Gasteiger partial charge in [-0.05, 0) is 17.5 Å². The molecule has 25 heavy (non-hydrogen) atoms. The molecule has 0 spiro atoms. The minimum Gasteiger partial charge on any atom is -0.480 e. The summed E-state index contributed by atoms with van der Waals surface area (Å²) >= 11 is 0. The monoisotopic (exact) mass is 330 g/mol. The van der Waals surface area contributed by atoms with Gasteiger partial charge >= 0.3 is 5.69 Å². The number of aromatic nitrogens is 1. The Labute approximate surface area is 143 Å². The Morgan fingerprint density at radius 1 is 0.840 bits per heavy atom. The van der Waals surface area contributed by atoms with Gasteiger partial charge in [0.15, 0.2) is 5.75 Å². The molecule has 0 saturated carbocycles. The van der Waals surface area contributed by atoms with Gasteiger partial charge in [-0.2, -0.15) is 0 Å². The molecule has 0 aliphatic rings. The van der Waals surface area contributed by atoms with Crippen LogP contribution in [0.1, 0.15) is 5.69 Å². The minimum absolute atomic E-state index is 0.0485. The van der Waals surface area contributed by atoms with Crippen molar-refractivity contribution in [3.8, 4) is 5.75 Å². The van der Waals surface area contributed by atoms with Gasteiger partial charge in [0.25, 0.3) is 0 Å². The van der Waals surface area contributed by atoms with Crippen LogP contribution in [0, 0.1) is 10.1 Å². The highest BCUT2D eigenvalue weighted by molar-refractivity contribution is 6.06. The summed E-state index contributed by atoms with van der Waals surface area (Å²) in [6, 6.07) is 22.3. The minimum atomic E-state index is -0.443. The molecule has 0 radical (unpaired) electrons. The first-order valence-electron chi connectivity index (χ1n) is 7.86. The number of nitro benzene ring substituents is 1. The first kappa shape index (κ1) is 15.1. The van der Waals surface area contributed by atoms with Gasteiger partial charge in [0.05, 0.1) is 16.1 Å². The quantitative estimate of drug-likeness (QED) is 0.304. The zero-order valence-electron chi connectivity index (χ0n) is 13.3. The van der Waals surface area contributed by atoms with Crippen molar-refractivity contribution in [2.75, 3.05) is 0 Å². The van der Waals surface area contributed by atoms with Gasteiger partial charge in [-0.3, -0.25) is 10.1 Å². The van der Waals surface area contributed by atoms with E-state index < -0.39 is 4.92 Å². The predicted molar refractivity (Wildman–Crippen MR) is 96.7 cm³/mol. The average Bonchev–Trinajstić information content (AvgIpc) is 2.66. The van der Waals surface area contributed by atoms with Crippen molar-refractivity contribution >= 4 is 27.4 Å². The normalized spacial score (nSPS) is 10.9. The highest BCUT2D eigenvalue weighted by Crippen LogP contribution is 2.29. The first-order valence-corrected chi connectivity index (χ1v) is 7.86. The van der Waals surface area contributed by atoms with Crippen LogP contribution in [0.2, 0.25) is 0 Å². The summed E-state index contributed by atoms with van der Waals surface area (Å²) in [5.41, 5.74) is 1.59. The zero-order chi connectivity index (χ0) is 17.2. The van der Waals surface area contributed by atoms with Crippen LogP contribution in [0.5, 0.6) is 5.75 Å². The third-order valence-electron chi connectivity index (χ3n) is 4.11. The Balaban J connectivity index is 1.78. The molecule has 1 aromatic heterocycles. The Kier molecular flexibility index (Phi) is 3.74. The number of hydrogen-bond acceptors (Lipinski definition) is 4. The number of ether oxygens (including phenoxy) is 1. The number of benzene rings is 3. The van der Waals surface area contributed by atoms with Crippen LogP contribution in [0.4, 0.5) is 5.69 Å². The van der Waals surface area contributed by atoms with Gasteiger partial charge < -0.3 is 4.74 Å². The van der Waals surface area contributed by atoms with Gasteiger partial charge in [0.2, 0.25) is 0 Å². The number of nitrogens with zero attached hydrogens (tertiary/aromatic N) is 2. The number of nitro groups is 1. The van der Waals surface area contributed by atoms with Crippen LogP contribution < -0.4 is 4.74 Å². The van der Waals surface area contributed by atoms with E-state index in [9.17, 15) is 10.1 Å². The van der Waals surface area contributed by atoms with Crippen molar-refractivity contribution in [3.63, 3.8) is 0 Å². The van der Waals surface area contributed by atoms with Crippen LogP contribution in [-0.2, 0) is 6.61 Å². The fourth-order valence-corrected chi connectivity index (χ4v) is 2.96. The van der Waals surface area contributed by atoms with Crippen molar-refractivity contribution in [3.05, 3.63) is 88.6 Å². The summed E-state index contributed by atoms with van der Waals surface area (Å²) in [6.07, 6.45) is 0. The van der Waals surface area contributed by atoms with Gasteiger partial charge in [0, 0.05) is 16.8 Å². The Bertz CT molecular complexity index is 1090. The van der Waals surface area contributed by atoms with E-state index >= 15 is 0 Å². The molecule has 5 nitrogen and oxygen atoms in total. The number of para-hydroxylation sites is 3. The topological polar surface area (TPSA) is 65.3 Å². The summed E-state index contributed by atoms with van der Waals surface area (Å²) < 4.78 is 5.74. The second-order valence-corrected chi connectivity index (χ2v) is 5.63. The van der Waals surface area contributed by atoms with Crippen LogP contribution in [0.25, 0.3) is 21.7 Å². The number of hydrogen-bond donors (Lipinski definition) is 0. The number of pyridine rings is 1. The van der Waals surface area contributed by atoms with E-state index in [1.54, 1.807) is 18.2 Å². The van der Waals surface area contributed by atoms with E-state index in [-0.39, 0.29) is 18.0 Å². The molecule has 4 rings (SSSR count). The molecule has 3 aromatic carbocycles. The Hall–Kier alpha value is -3.47. The molecule has 4 aromatic rings. The number of fused-ring (bicyclic) bond motifs is 3. The van der Waals surface area contributed by atoms with Crippen molar-refractivity contribution in [2.45, 2.75) is 6.61 Å². The third-order valence-corrected chi connectivity index (χ3v) is 4.11. The Morgan fingerprint density at radius 2 is 1.48 bits per heavy atom. The van der Waals surface area contributed by atoms with Crippen LogP contribution in [0.15, 0.2) is 72.8 Å². The first-order chi connectivity index (χ1) is 12.2. The number of rotatable bonds is 4. The van der Waals surface area contributed by atoms with E-state index in [0.29, 0.717) is 0 Å². The van der Waals surface area contributed by atoms with Gasteiger partial charge in [0.1, 0.15) is 6.61 Å². The molecule has 0 aliphatic carbocycles. The van der Waals surface area contributed by atoms with Crippen LogP contribution in [-0.4, -0.2) is 9.91 Å². The summed E-state index contributed by atoms with van der Waals surface area (Å²) in [7, 11) is 0. The lowest BCUT2D eigenvalue weighted by atomic mass is 10.0. The highest BCUT2D eigenvalue weighted by Gasteiger charge is 2.15. The SMILES string of the molecule is O=[N+]([O-])c1ccccc1OCc1nc2ccccc2c2ccccc12. The molecule has 0 atom stereocenters. The summed E-state index contributed by atoms with van der Waals surface area (Å²) in [4.78, 5) is 15.4. The highest BCUT2D eigenvalue weighted by atomic mass is 16.6. The van der Waals surface area contributed by atoms with Crippen molar-refractivity contribution in [1.82, 2.24) is 4.98 Å². The van der Waals surface area contributed by atoms with Crippen LogP contribution >= 0.6 is 0 Å². The molecule has 0 saturated heterocycles. The van der Waals surface area contributed by atoms with Crippen molar-refractivity contribution in [1.29, 1.82) is 0 Å². The lowest BCUT2D eigenvalue weighted by molar-refractivity contribution is -0.385.